The number of carbonyl (C=O) groups is 2. The van der Waals surface area contributed by atoms with Crippen LogP contribution in [0.15, 0.2) is 35.3 Å². The number of Topliss-reactive ketones (excluding diaryl/α,β-unsaturated/α-hetero) is 1. The number of rotatable bonds is 10. The largest absolute Gasteiger partial charge is 0.481 e. The predicted molar refractivity (Wildman–Crippen MR) is 106 cm³/mol. The first-order valence-corrected chi connectivity index (χ1v) is 9.76. The smallest absolute Gasteiger partial charge is 0.303 e. The number of carboxylic acids is 1. The van der Waals surface area contributed by atoms with Crippen molar-refractivity contribution in [2.75, 3.05) is 7.11 Å². The van der Waals surface area contributed by atoms with Crippen molar-refractivity contribution in [3.8, 4) is 5.19 Å². The number of hydrogen-bond donors (Lipinski definition) is 1. The Hall–Kier alpha value is -2.54. The molecule has 6 nitrogen and oxygen atoms in total. The third-order valence-corrected chi connectivity index (χ3v) is 5.65. The zero-order chi connectivity index (χ0) is 19.3. The number of unbranched alkanes of at least 4 members (excludes halogenated alkanes) is 2. The van der Waals surface area contributed by atoms with E-state index in [4.69, 9.17) is 9.84 Å². The monoisotopic (exact) mass is 386 g/mol. The van der Waals surface area contributed by atoms with Crippen molar-refractivity contribution in [1.29, 1.82) is 0 Å². The Morgan fingerprint density at radius 3 is 2.81 bits per heavy atom. The van der Waals surface area contributed by atoms with E-state index in [0.29, 0.717) is 24.5 Å². The molecule has 2 heterocycles. The summed E-state index contributed by atoms with van der Waals surface area (Å²) in [6.45, 7) is 0. The minimum atomic E-state index is -0.816. The molecule has 142 valence electrons. The van der Waals surface area contributed by atoms with Gasteiger partial charge in [0.1, 0.15) is 5.54 Å². The van der Waals surface area contributed by atoms with Crippen LogP contribution in [0.2, 0.25) is 0 Å². The SMILES string of the molecule is COc1nc2ccc(CC(=O)C3(CCCCCC(=O)O)C=CC=N3)cc2s1. The molecule has 1 atom stereocenters. The molecule has 0 spiro atoms. The molecule has 1 aromatic carbocycles. The Morgan fingerprint density at radius 2 is 2.11 bits per heavy atom. The third kappa shape index (κ3) is 4.60. The van der Waals surface area contributed by atoms with Crippen molar-refractivity contribution in [1.82, 2.24) is 4.98 Å². The summed E-state index contributed by atoms with van der Waals surface area (Å²) in [5.41, 5.74) is 0.975. The zero-order valence-electron chi connectivity index (χ0n) is 15.2. The number of allylic oxidation sites excluding steroid dienone is 1. The zero-order valence-corrected chi connectivity index (χ0v) is 16.0. The van der Waals surface area contributed by atoms with E-state index < -0.39 is 11.5 Å². The van der Waals surface area contributed by atoms with Crippen LogP contribution < -0.4 is 4.74 Å². The predicted octanol–water partition coefficient (Wildman–Crippen LogP) is 3.83. The summed E-state index contributed by atoms with van der Waals surface area (Å²) in [5.74, 6) is -0.726. The van der Waals surface area contributed by atoms with Crippen LogP contribution in [0.1, 0.15) is 37.7 Å². The fourth-order valence-electron chi connectivity index (χ4n) is 3.20. The summed E-state index contributed by atoms with van der Waals surface area (Å²) >= 11 is 1.46. The molecule has 0 radical (unpaired) electrons. The lowest BCUT2D eigenvalue weighted by molar-refractivity contribution is -0.137. The van der Waals surface area contributed by atoms with Gasteiger partial charge < -0.3 is 9.84 Å². The van der Waals surface area contributed by atoms with Crippen LogP contribution in [-0.4, -0.2) is 40.7 Å². The number of nitrogens with zero attached hydrogens (tertiary/aromatic N) is 2. The molecule has 0 amide bonds. The lowest BCUT2D eigenvalue weighted by Gasteiger charge is -2.23. The van der Waals surface area contributed by atoms with Crippen LogP contribution in [0.3, 0.4) is 0 Å². The molecule has 0 aliphatic carbocycles. The van der Waals surface area contributed by atoms with Crippen LogP contribution in [0.4, 0.5) is 0 Å². The Morgan fingerprint density at radius 1 is 1.26 bits per heavy atom. The number of hydrogen-bond acceptors (Lipinski definition) is 6. The van der Waals surface area contributed by atoms with Gasteiger partial charge in [-0.25, -0.2) is 4.98 Å². The average molecular weight is 386 g/mol. The molecule has 2 aromatic rings. The van der Waals surface area contributed by atoms with E-state index in [1.165, 1.54) is 11.3 Å². The van der Waals surface area contributed by atoms with Crippen molar-refractivity contribution < 1.29 is 19.4 Å². The molecule has 1 N–H and O–H groups in total. The highest BCUT2D eigenvalue weighted by molar-refractivity contribution is 7.20. The lowest BCUT2D eigenvalue weighted by Crippen LogP contribution is -2.34. The molecular weight excluding hydrogens is 364 g/mol. The highest BCUT2D eigenvalue weighted by atomic mass is 32.1. The van der Waals surface area contributed by atoms with Crippen LogP contribution >= 0.6 is 11.3 Å². The van der Waals surface area contributed by atoms with Gasteiger partial charge in [-0.05, 0) is 42.7 Å². The van der Waals surface area contributed by atoms with E-state index in [2.05, 4.69) is 9.98 Å². The summed E-state index contributed by atoms with van der Waals surface area (Å²) in [5, 5.41) is 9.33. The number of ketones is 1. The fraction of sp³-hybridized carbons (Fsp3) is 0.400. The maximum absolute atomic E-state index is 13.0. The van der Waals surface area contributed by atoms with E-state index in [-0.39, 0.29) is 12.2 Å². The first kappa shape index (κ1) is 19.2. The number of aliphatic imine (C=N–C) groups is 1. The number of aromatic nitrogens is 1. The fourth-order valence-corrected chi connectivity index (χ4v) is 4.05. The van der Waals surface area contributed by atoms with Gasteiger partial charge in [0.15, 0.2) is 5.78 Å². The summed E-state index contributed by atoms with van der Waals surface area (Å²) < 4.78 is 6.16. The van der Waals surface area contributed by atoms with Gasteiger partial charge in [0.05, 0.1) is 17.3 Å². The minimum absolute atomic E-state index is 0.0570. The van der Waals surface area contributed by atoms with Gasteiger partial charge in [-0.1, -0.05) is 30.2 Å². The van der Waals surface area contributed by atoms with E-state index in [9.17, 15) is 9.59 Å². The second-order valence-corrected chi connectivity index (χ2v) is 7.60. The van der Waals surface area contributed by atoms with Crippen LogP contribution in [-0.2, 0) is 16.0 Å². The van der Waals surface area contributed by atoms with E-state index in [1.807, 2.05) is 30.4 Å². The Kier molecular flexibility index (Phi) is 6.01. The molecule has 3 rings (SSSR count). The summed E-state index contributed by atoms with van der Waals surface area (Å²) in [4.78, 5) is 32.4. The molecule has 1 unspecified atom stereocenters. The number of benzene rings is 1. The van der Waals surface area contributed by atoms with Crippen molar-refractivity contribution >= 4 is 39.5 Å². The highest BCUT2D eigenvalue weighted by Crippen LogP contribution is 2.31. The van der Waals surface area contributed by atoms with Crippen molar-refractivity contribution in [3.63, 3.8) is 0 Å². The first-order chi connectivity index (χ1) is 13.0. The molecule has 7 heteroatoms. The lowest BCUT2D eigenvalue weighted by atomic mass is 9.85. The summed E-state index contributed by atoms with van der Waals surface area (Å²) in [6, 6.07) is 5.81. The maximum Gasteiger partial charge on any atom is 0.303 e. The second kappa shape index (κ2) is 8.43. The third-order valence-electron chi connectivity index (χ3n) is 4.67. The van der Waals surface area contributed by atoms with Crippen LogP contribution in [0.25, 0.3) is 10.2 Å². The van der Waals surface area contributed by atoms with Crippen LogP contribution in [0.5, 0.6) is 5.19 Å². The molecule has 27 heavy (non-hydrogen) atoms. The van der Waals surface area contributed by atoms with E-state index in [0.717, 1.165) is 28.6 Å². The number of ether oxygens (including phenoxy) is 1. The normalized spacial score (nSPS) is 18.3. The van der Waals surface area contributed by atoms with Gasteiger partial charge in [-0.15, -0.1) is 0 Å². The standard InChI is InChI=1S/C20H22N2O4S/c1-26-19-22-15-8-7-14(12-16(15)27-19)13-17(23)20(10-5-11-21-20)9-4-2-3-6-18(24)25/h5,7-8,10-12H,2-4,6,9,13H2,1H3,(H,24,25). The van der Waals surface area contributed by atoms with Gasteiger partial charge in [-0.2, -0.15) is 0 Å². The number of aliphatic carboxylic acids is 1. The molecule has 1 aromatic heterocycles. The van der Waals surface area contributed by atoms with Gasteiger partial charge in [0.2, 0.25) is 0 Å². The Balaban J connectivity index is 1.65. The summed E-state index contributed by atoms with van der Waals surface area (Å²) in [6.07, 6.45) is 8.58. The molecule has 1 aliphatic heterocycles. The molecular formula is C20H22N2O4S. The van der Waals surface area contributed by atoms with Gasteiger partial charge in [-0.3, -0.25) is 14.6 Å². The quantitative estimate of drug-likeness (QED) is 0.627. The average Bonchev–Trinajstić information content (AvgIpc) is 3.28. The van der Waals surface area contributed by atoms with Gasteiger partial charge in [0, 0.05) is 19.1 Å². The summed E-state index contributed by atoms with van der Waals surface area (Å²) in [7, 11) is 1.59. The van der Waals surface area contributed by atoms with Gasteiger partial charge >= 0.3 is 5.97 Å². The van der Waals surface area contributed by atoms with Crippen molar-refractivity contribution in [3.05, 3.63) is 35.9 Å². The minimum Gasteiger partial charge on any atom is -0.481 e. The van der Waals surface area contributed by atoms with E-state index in [1.54, 1.807) is 13.3 Å². The van der Waals surface area contributed by atoms with Crippen molar-refractivity contribution in [2.45, 2.75) is 44.1 Å². The molecule has 1 aliphatic rings. The number of carbonyl (C=O) groups excluding carboxylic acids is 1. The van der Waals surface area contributed by atoms with Crippen LogP contribution in [0, 0.1) is 0 Å². The van der Waals surface area contributed by atoms with Crippen molar-refractivity contribution in [2.24, 2.45) is 4.99 Å². The second-order valence-electron chi connectivity index (χ2n) is 6.60. The maximum atomic E-state index is 13.0. The van der Waals surface area contributed by atoms with E-state index >= 15 is 0 Å². The molecule has 0 saturated carbocycles. The number of fused-ring (bicyclic) bond motifs is 1. The number of methoxy groups -OCH3 is 1. The van der Waals surface area contributed by atoms with Gasteiger partial charge in [0.25, 0.3) is 5.19 Å². The Bertz CT molecular complexity index is 889. The Labute approximate surface area is 161 Å². The molecule has 0 bridgehead atoms. The number of thiazole rings is 1. The topological polar surface area (TPSA) is 88.8 Å². The number of carboxylic acid groups (broad SMARTS) is 1. The molecule has 0 fully saturated rings. The molecule has 0 saturated heterocycles. The highest BCUT2D eigenvalue weighted by Gasteiger charge is 2.35. The first-order valence-electron chi connectivity index (χ1n) is 8.94.